The Hall–Kier alpha value is -1.87. The van der Waals surface area contributed by atoms with Crippen LogP contribution < -0.4 is 4.74 Å². The Labute approximate surface area is 113 Å². The Morgan fingerprint density at radius 1 is 1.16 bits per heavy atom. The minimum Gasteiger partial charge on any atom is -0.494 e. The van der Waals surface area contributed by atoms with Crippen molar-refractivity contribution >= 4 is 0 Å². The predicted molar refractivity (Wildman–Crippen MR) is 76.0 cm³/mol. The lowest BCUT2D eigenvalue weighted by Crippen LogP contribution is -1.96. The number of unbranched alkanes of at least 4 members (excludes halogenated alkanes) is 1. The lowest BCUT2D eigenvalue weighted by Gasteiger charge is -2.08. The van der Waals surface area contributed by atoms with Crippen LogP contribution in [0, 0.1) is 0 Å². The first kappa shape index (κ1) is 13.6. The fourth-order valence-electron chi connectivity index (χ4n) is 1.84. The molecule has 1 aromatic heterocycles. The molecule has 19 heavy (non-hydrogen) atoms. The van der Waals surface area contributed by atoms with Gasteiger partial charge in [0, 0.05) is 6.20 Å². The number of benzene rings is 1. The van der Waals surface area contributed by atoms with Gasteiger partial charge in [-0.3, -0.25) is 4.98 Å². The molecule has 0 amide bonds. The SMILES string of the molecule is CCCCOc1cccc(-c2ccnc(CO)c2)c1. The second kappa shape index (κ2) is 6.90. The molecule has 0 saturated heterocycles. The van der Waals surface area contributed by atoms with Gasteiger partial charge in [-0.15, -0.1) is 0 Å². The first-order valence-electron chi connectivity index (χ1n) is 6.62. The van der Waals surface area contributed by atoms with Crippen molar-refractivity contribution in [2.24, 2.45) is 0 Å². The lowest BCUT2D eigenvalue weighted by molar-refractivity contribution is 0.277. The number of hydrogen-bond acceptors (Lipinski definition) is 3. The van der Waals surface area contributed by atoms with E-state index in [4.69, 9.17) is 9.84 Å². The highest BCUT2D eigenvalue weighted by Crippen LogP contribution is 2.24. The third-order valence-electron chi connectivity index (χ3n) is 2.91. The summed E-state index contributed by atoms with van der Waals surface area (Å²) in [5, 5.41) is 9.12. The molecule has 3 heteroatoms. The van der Waals surface area contributed by atoms with Crippen LogP contribution in [0.3, 0.4) is 0 Å². The summed E-state index contributed by atoms with van der Waals surface area (Å²) < 4.78 is 5.70. The van der Waals surface area contributed by atoms with E-state index in [1.807, 2.05) is 36.4 Å². The molecule has 100 valence electrons. The highest BCUT2D eigenvalue weighted by molar-refractivity contribution is 5.65. The van der Waals surface area contributed by atoms with Crippen LogP contribution >= 0.6 is 0 Å². The third-order valence-corrected chi connectivity index (χ3v) is 2.91. The number of ether oxygens (including phenoxy) is 1. The van der Waals surface area contributed by atoms with Crippen LogP contribution in [-0.4, -0.2) is 16.7 Å². The minimum absolute atomic E-state index is 0.0411. The molecule has 0 saturated carbocycles. The topological polar surface area (TPSA) is 42.4 Å². The summed E-state index contributed by atoms with van der Waals surface area (Å²) in [5.41, 5.74) is 2.79. The lowest BCUT2D eigenvalue weighted by atomic mass is 10.1. The van der Waals surface area contributed by atoms with Crippen LogP contribution in [0.1, 0.15) is 25.5 Å². The van der Waals surface area contributed by atoms with Gasteiger partial charge in [-0.25, -0.2) is 0 Å². The molecule has 0 bridgehead atoms. The van der Waals surface area contributed by atoms with Crippen LogP contribution in [-0.2, 0) is 6.61 Å². The molecule has 0 atom stereocenters. The summed E-state index contributed by atoms with van der Waals surface area (Å²) in [5.74, 6) is 0.883. The molecule has 2 aromatic rings. The summed E-state index contributed by atoms with van der Waals surface area (Å²) in [6.45, 7) is 2.85. The Kier molecular flexibility index (Phi) is 4.93. The maximum Gasteiger partial charge on any atom is 0.119 e. The quantitative estimate of drug-likeness (QED) is 0.806. The first-order chi connectivity index (χ1) is 9.33. The van der Waals surface area contributed by atoms with Gasteiger partial charge in [0.15, 0.2) is 0 Å². The van der Waals surface area contributed by atoms with E-state index in [-0.39, 0.29) is 6.61 Å². The van der Waals surface area contributed by atoms with Crippen molar-refractivity contribution in [1.29, 1.82) is 0 Å². The number of aliphatic hydroxyl groups is 1. The van der Waals surface area contributed by atoms with E-state index in [1.54, 1.807) is 6.20 Å². The van der Waals surface area contributed by atoms with Crippen molar-refractivity contribution in [2.45, 2.75) is 26.4 Å². The molecule has 1 heterocycles. The normalized spacial score (nSPS) is 10.4. The van der Waals surface area contributed by atoms with Crippen molar-refractivity contribution in [3.05, 3.63) is 48.3 Å². The van der Waals surface area contributed by atoms with Crippen LogP contribution in [0.15, 0.2) is 42.6 Å². The van der Waals surface area contributed by atoms with Crippen molar-refractivity contribution in [1.82, 2.24) is 4.98 Å². The summed E-state index contributed by atoms with van der Waals surface area (Å²) in [7, 11) is 0. The predicted octanol–water partition coefficient (Wildman–Crippen LogP) is 3.42. The van der Waals surface area contributed by atoms with E-state index >= 15 is 0 Å². The van der Waals surface area contributed by atoms with Gasteiger partial charge in [-0.05, 0) is 41.8 Å². The Morgan fingerprint density at radius 2 is 2.00 bits per heavy atom. The van der Waals surface area contributed by atoms with Gasteiger partial charge in [0.2, 0.25) is 0 Å². The molecular formula is C16H19NO2. The second-order valence-electron chi connectivity index (χ2n) is 4.42. The molecule has 1 N–H and O–H groups in total. The molecule has 0 aliphatic carbocycles. The number of aromatic nitrogens is 1. The van der Waals surface area contributed by atoms with E-state index in [2.05, 4.69) is 11.9 Å². The molecular weight excluding hydrogens is 238 g/mol. The van der Waals surface area contributed by atoms with Crippen molar-refractivity contribution < 1.29 is 9.84 Å². The monoisotopic (exact) mass is 257 g/mol. The van der Waals surface area contributed by atoms with Crippen molar-refractivity contribution in [2.75, 3.05) is 6.61 Å². The number of nitrogens with zero attached hydrogens (tertiary/aromatic N) is 1. The van der Waals surface area contributed by atoms with E-state index in [0.717, 1.165) is 36.3 Å². The number of hydrogen-bond donors (Lipinski definition) is 1. The van der Waals surface area contributed by atoms with E-state index in [0.29, 0.717) is 5.69 Å². The van der Waals surface area contributed by atoms with Gasteiger partial charge >= 0.3 is 0 Å². The van der Waals surface area contributed by atoms with E-state index < -0.39 is 0 Å². The second-order valence-corrected chi connectivity index (χ2v) is 4.42. The molecule has 0 spiro atoms. The molecule has 3 nitrogen and oxygen atoms in total. The average Bonchev–Trinajstić information content (AvgIpc) is 2.48. The van der Waals surface area contributed by atoms with Gasteiger partial charge in [-0.2, -0.15) is 0 Å². The Balaban J connectivity index is 2.17. The highest BCUT2D eigenvalue weighted by Gasteiger charge is 2.02. The van der Waals surface area contributed by atoms with Crippen molar-refractivity contribution in [3.8, 4) is 16.9 Å². The van der Waals surface area contributed by atoms with Gasteiger partial charge in [0.05, 0.1) is 18.9 Å². The number of aliphatic hydroxyl groups excluding tert-OH is 1. The fraction of sp³-hybridized carbons (Fsp3) is 0.312. The summed E-state index contributed by atoms with van der Waals surface area (Å²) in [6, 6.07) is 11.8. The minimum atomic E-state index is -0.0411. The summed E-state index contributed by atoms with van der Waals surface area (Å²) >= 11 is 0. The maximum absolute atomic E-state index is 9.12. The zero-order valence-corrected chi connectivity index (χ0v) is 11.2. The molecule has 0 aliphatic rings. The smallest absolute Gasteiger partial charge is 0.119 e. The molecule has 0 unspecified atom stereocenters. The van der Waals surface area contributed by atoms with Gasteiger partial charge in [0.1, 0.15) is 5.75 Å². The van der Waals surface area contributed by atoms with Crippen LogP contribution in [0.4, 0.5) is 0 Å². The molecule has 0 fully saturated rings. The van der Waals surface area contributed by atoms with Gasteiger partial charge < -0.3 is 9.84 Å². The highest BCUT2D eigenvalue weighted by atomic mass is 16.5. The summed E-state index contributed by atoms with van der Waals surface area (Å²) in [6.07, 6.45) is 3.91. The van der Waals surface area contributed by atoms with Crippen LogP contribution in [0.2, 0.25) is 0 Å². The zero-order valence-electron chi connectivity index (χ0n) is 11.2. The number of rotatable bonds is 6. The van der Waals surface area contributed by atoms with E-state index in [1.165, 1.54) is 0 Å². The molecule has 2 rings (SSSR count). The number of pyridine rings is 1. The molecule has 0 aliphatic heterocycles. The van der Waals surface area contributed by atoms with E-state index in [9.17, 15) is 0 Å². The van der Waals surface area contributed by atoms with Gasteiger partial charge in [0.25, 0.3) is 0 Å². The van der Waals surface area contributed by atoms with Crippen LogP contribution in [0.5, 0.6) is 5.75 Å². The van der Waals surface area contributed by atoms with Crippen molar-refractivity contribution in [3.63, 3.8) is 0 Å². The first-order valence-corrected chi connectivity index (χ1v) is 6.62. The Morgan fingerprint density at radius 3 is 2.79 bits per heavy atom. The molecule has 1 aromatic carbocycles. The maximum atomic E-state index is 9.12. The third kappa shape index (κ3) is 3.80. The fourth-order valence-corrected chi connectivity index (χ4v) is 1.84. The zero-order chi connectivity index (χ0) is 13.5. The molecule has 0 radical (unpaired) electrons. The average molecular weight is 257 g/mol. The van der Waals surface area contributed by atoms with Crippen LogP contribution in [0.25, 0.3) is 11.1 Å². The van der Waals surface area contributed by atoms with Gasteiger partial charge in [-0.1, -0.05) is 25.5 Å². The Bertz CT molecular complexity index is 526. The standard InChI is InChI=1S/C16H19NO2/c1-2-3-9-19-16-6-4-5-13(11-16)14-7-8-17-15(10-14)12-18/h4-8,10-11,18H,2-3,9,12H2,1H3. The summed E-state index contributed by atoms with van der Waals surface area (Å²) in [4.78, 5) is 4.09. The largest absolute Gasteiger partial charge is 0.494 e.